The van der Waals surface area contributed by atoms with E-state index < -0.39 is 0 Å². The van der Waals surface area contributed by atoms with Gasteiger partial charge in [0.25, 0.3) is 5.91 Å². The van der Waals surface area contributed by atoms with Gasteiger partial charge in [-0.2, -0.15) is 0 Å². The predicted molar refractivity (Wildman–Crippen MR) is 82.4 cm³/mol. The Morgan fingerprint density at radius 3 is 2.87 bits per heavy atom. The molecule has 3 rings (SSSR count). The molecular weight excluding hydrogens is 297 g/mol. The first-order valence-electron chi connectivity index (χ1n) is 7.61. The van der Waals surface area contributed by atoms with Gasteiger partial charge in [-0.15, -0.1) is 0 Å². The Morgan fingerprint density at radius 1 is 1.35 bits per heavy atom. The van der Waals surface area contributed by atoms with Crippen molar-refractivity contribution in [2.75, 3.05) is 13.2 Å². The minimum Gasteiger partial charge on any atom is -0.484 e. The summed E-state index contributed by atoms with van der Waals surface area (Å²) in [5, 5.41) is 0. The molecule has 120 valence electrons. The first-order valence-corrected chi connectivity index (χ1v) is 7.61. The van der Waals surface area contributed by atoms with E-state index in [0.717, 1.165) is 18.5 Å². The minimum atomic E-state index is -0.331. The molecule has 2 heterocycles. The first-order chi connectivity index (χ1) is 11.1. The number of halogens is 1. The maximum Gasteiger partial charge on any atom is 0.261 e. The Hall–Kier alpha value is -2.50. The fourth-order valence-corrected chi connectivity index (χ4v) is 2.79. The number of aromatic nitrogens is 2. The van der Waals surface area contributed by atoms with E-state index in [1.165, 1.54) is 24.3 Å². The number of benzene rings is 1. The van der Waals surface area contributed by atoms with Crippen LogP contribution in [0.25, 0.3) is 0 Å². The molecule has 1 saturated heterocycles. The number of carbonyl (C=O) groups excluding carboxylic acids is 1. The molecule has 1 aromatic carbocycles. The molecule has 6 heteroatoms. The summed E-state index contributed by atoms with van der Waals surface area (Å²) in [6, 6.07) is 7.46. The molecule has 0 saturated carbocycles. The highest BCUT2D eigenvalue weighted by molar-refractivity contribution is 5.78. The topological polar surface area (TPSA) is 55.3 Å². The zero-order chi connectivity index (χ0) is 16.2. The molecule has 5 nitrogen and oxygen atoms in total. The smallest absolute Gasteiger partial charge is 0.261 e. The number of likely N-dealkylation sites (tertiary alicyclic amines) is 1. The summed E-state index contributed by atoms with van der Waals surface area (Å²) in [5.74, 6) is 0.758. The third kappa shape index (κ3) is 3.64. The maximum atomic E-state index is 12.9. The van der Waals surface area contributed by atoms with Crippen molar-refractivity contribution < 1.29 is 13.9 Å². The average molecular weight is 315 g/mol. The van der Waals surface area contributed by atoms with E-state index in [0.29, 0.717) is 18.1 Å². The normalized spacial score (nSPS) is 17.3. The van der Waals surface area contributed by atoms with Crippen molar-refractivity contribution in [3.8, 4) is 5.75 Å². The van der Waals surface area contributed by atoms with Gasteiger partial charge in [-0.05, 0) is 50.1 Å². The van der Waals surface area contributed by atoms with Gasteiger partial charge in [-0.3, -0.25) is 4.79 Å². The molecule has 2 aromatic rings. The Bertz CT molecular complexity index is 690. The Morgan fingerprint density at radius 2 is 2.13 bits per heavy atom. The lowest BCUT2D eigenvalue weighted by Gasteiger charge is -2.24. The van der Waals surface area contributed by atoms with Crippen molar-refractivity contribution in [1.82, 2.24) is 14.9 Å². The highest BCUT2D eigenvalue weighted by Crippen LogP contribution is 2.30. The zero-order valence-electron chi connectivity index (χ0n) is 12.9. The van der Waals surface area contributed by atoms with Crippen molar-refractivity contribution in [2.24, 2.45) is 0 Å². The number of nitrogens with zero attached hydrogens (tertiary/aromatic N) is 3. The molecule has 0 bridgehead atoms. The van der Waals surface area contributed by atoms with E-state index in [4.69, 9.17) is 4.74 Å². The van der Waals surface area contributed by atoms with Gasteiger partial charge >= 0.3 is 0 Å². The number of aryl methyl sites for hydroxylation is 1. The van der Waals surface area contributed by atoms with Crippen LogP contribution < -0.4 is 4.74 Å². The Balaban J connectivity index is 1.65. The van der Waals surface area contributed by atoms with Crippen LogP contribution in [0.1, 0.15) is 30.4 Å². The second kappa shape index (κ2) is 6.73. The summed E-state index contributed by atoms with van der Waals surface area (Å²) >= 11 is 0. The molecule has 23 heavy (non-hydrogen) atoms. The summed E-state index contributed by atoms with van der Waals surface area (Å²) in [5.41, 5.74) is 0.866. The SMILES string of the molecule is Cc1nccc([C@H]2CCCN2C(=O)COc2ccc(F)cc2)n1. The van der Waals surface area contributed by atoms with Gasteiger partial charge in [0, 0.05) is 12.7 Å². The average Bonchev–Trinajstić information content (AvgIpc) is 3.04. The number of hydrogen-bond acceptors (Lipinski definition) is 4. The van der Waals surface area contributed by atoms with Crippen LogP contribution in [0, 0.1) is 12.7 Å². The molecule has 1 aromatic heterocycles. The van der Waals surface area contributed by atoms with Gasteiger partial charge in [0.2, 0.25) is 0 Å². The van der Waals surface area contributed by atoms with E-state index in [-0.39, 0.29) is 24.4 Å². The molecule has 1 fully saturated rings. The monoisotopic (exact) mass is 315 g/mol. The summed E-state index contributed by atoms with van der Waals surface area (Å²) in [4.78, 5) is 22.8. The minimum absolute atomic E-state index is 0.0268. The maximum absolute atomic E-state index is 12.9. The fraction of sp³-hybridized carbons (Fsp3) is 0.353. The second-order valence-corrected chi connectivity index (χ2v) is 5.52. The van der Waals surface area contributed by atoms with Crippen LogP contribution in [0.5, 0.6) is 5.75 Å². The van der Waals surface area contributed by atoms with Gasteiger partial charge < -0.3 is 9.64 Å². The number of carbonyl (C=O) groups is 1. The largest absolute Gasteiger partial charge is 0.484 e. The van der Waals surface area contributed by atoms with Crippen LogP contribution in [0.3, 0.4) is 0 Å². The van der Waals surface area contributed by atoms with Crippen LogP contribution in [0.15, 0.2) is 36.5 Å². The summed E-state index contributed by atoms with van der Waals surface area (Å²) in [6.07, 6.45) is 3.54. The molecule has 0 N–H and O–H groups in total. The van der Waals surface area contributed by atoms with Crippen LogP contribution in [0.2, 0.25) is 0 Å². The molecule has 1 aliphatic rings. The standard InChI is InChI=1S/C17H18FN3O2/c1-12-19-9-8-15(20-12)16-3-2-10-21(16)17(22)11-23-14-6-4-13(18)5-7-14/h4-9,16H,2-3,10-11H2,1H3/t16-/m1/s1. The molecule has 0 aliphatic carbocycles. The predicted octanol–water partition coefficient (Wildman–Crippen LogP) is 2.67. The summed E-state index contributed by atoms with van der Waals surface area (Å²) < 4.78 is 18.3. The van der Waals surface area contributed by atoms with Crippen molar-refractivity contribution in [2.45, 2.75) is 25.8 Å². The van der Waals surface area contributed by atoms with Gasteiger partial charge in [0.05, 0.1) is 11.7 Å². The van der Waals surface area contributed by atoms with Crippen LogP contribution in [-0.4, -0.2) is 33.9 Å². The van der Waals surface area contributed by atoms with Gasteiger partial charge in [-0.25, -0.2) is 14.4 Å². The lowest BCUT2D eigenvalue weighted by Crippen LogP contribution is -2.34. The number of amides is 1. The highest BCUT2D eigenvalue weighted by atomic mass is 19.1. The number of hydrogen-bond donors (Lipinski definition) is 0. The van der Waals surface area contributed by atoms with E-state index in [1.807, 2.05) is 13.0 Å². The van der Waals surface area contributed by atoms with Crippen molar-refractivity contribution in [3.63, 3.8) is 0 Å². The van der Waals surface area contributed by atoms with Gasteiger partial charge in [0.15, 0.2) is 6.61 Å². The van der Waals surface area contributed by atoms with Crippen LogP contribution in [-0.2, 0) is 4.79 Å². The summed E-state index contributed by atoms with van der Waals surface area (Å²) in [6.45, 7) is 2.47. The van der Waals surface area contributed by atoms with E-state index in [2.05, 4.69) is 9.97 Å². The molecule has 1 atom stereocenters. The first kappa shape index (κ1) is 15.4. The highest BCUT2D eigenvalue weighted by Gasteiger charge is 2.31. The lowest BCUT2D eigenvalue weighted by atomic mass is 10.1. The third-order valence-electron chi connectivity index (χ3n) is 3.89. The Kier molecular flexibility index (Phi) is 4.50. The lowest BCUT2D eigenvalue weighted by molar-refractivity contribution is -0.134. The molecule has 0 spiro atoms. The molecule has 0 radical (unpaired) electrons. The van der Waals surface area contributed by atoms with Gasteiger partial charge in [-0.1, -0.05) is 0 Å². The molecule has 0 unspecified atom stereocenters. The van der Waals surface area contributed by atoms with Gasteiger partial charge in [0.1, 0.15) is 17.4 Å². The summed E-state index contributed by atoms with van der Waals surface area (Å²) in [7, 11) is 0. The van der Waals surface area contributed by atoms with Crippen molar-refractivity contribution in [3.05, 3.63) is 53.9 Å². The zero-order valence-corrected chi connectivity index (χ0v) is 12.9. The number of rotatable bonds is 4. The fourth-order valence-electron chi connectivity index (χ4n) is 2.79. The quantitative estimate of drug-likeness (QED) is 0.870. The van der Waals surface area contributed by atoms with E-state index in [1.54, 1.807) is 11.1 Å². The third-order valence-corrected chi connectivity index (χ3v) is 3.89. The van der Waals surface area contributed by atoms with E-state index in [9.17, 15) is 9.18 Å². The van der Waals surface area contributed by atoms with Crippen molar-refractivity contribution in [1.29, 1.82) is 0 Å². The molecular formula is C17H18FN3O2. The molecule has 1 amide bonds. The molecule has 1 aliphatic heterocycles. The van der Waals surface area contributed by atoms with E-state index >= 15 is 0 Å². The van der Waals surface area contributed by atoms with Crippen molar-refractivity contribution >= 4 is 5.91 Å². The second-order valence-electron chi connectivity index (χ2n) is 5.52. The number of ether oxygens (including phenoxy) is 1. The van der Waals surface area contributed by atoms with Crippen LogP contribution in [0.4, 0.5) is 4.39 Å². The Labute approximate surface area is 134 Å². The van der Waals surface area contributed by atoms with Crippen LogP contribution >= 0.6 is 0 Å².